The van der Waals surface area contributed by atoms with Crippen molar-refractivity contribution in [3.05, 3.63) is 87.5 Å². The highest BCUT2D eigenvalue weighted by molar-refractivity contribution is 7.87. The van der Waals surface area contributed by atoms with E-state index in [0.29, 0.717) is 27.8 Å². The summed E-state index contributed by atoms with van der Waals surface area (Å²) < 4.78 is 32.9. The Hall–Kier alpha value is -2.83. The second kappa shape index (κ2) is 7.89. The Morgan fingerprint density at radius 3 is 1.67 bits per heavy atom. The van der Waals surface area contributed by atoms with Gasteiger partial charge in [0.2, 0.25) is 0 Å². The summed E-state index contributed by atoms with van der Waals surface area (Å²) in [6, 6.07) is 13.9. The van der Waals surface area contributed by atoms with Gasteiger partial charge in [0.05, 0.1) is 0 Å². The van der Waals surface area contributed by atoms with E-state index in [2.05, 4.69) is 0 Å². The van der Waals surface area contributed by atoms with Crippen molar-refractivity contribution >= 4 is 10.1 Å². The number of rotatable bonds is 4. The molecular weight excluding hydrogens is 436 g/mol. The van der Waals surface area contributed by atoms with Gasteiger partial charge in [-0.15, -0.1) is 0 Å². The number of hydrogen-bond donors (Lipinski definition) is 2. The Balaban J connectivity index is 2.26. The van der Waals surface area contributed by atoms with Crippen LogP contribution in [-0.4, -0.2) is 18.6 Å². The summed E-state index contributed by atoms with van der Waals surface area (Å²) in [6.45, 7) is 11.6. The molecular formula is C27H30O5S. The molecule has 0 atom stereocenters. The molecule has 2 N–H and O–H groups in total. The average Bonchev–Trinajstić information content (AvgIpc) is 2.99. The first-order valence-electron chi connectivity index (χ1n) is 11.1. The first-order chi connectivity index (χ1) is 15.4. The third kappa shape index (κ3) is 3.52. The minimum absolute atomic E-state index is 0.0110. The van der Waals surface area contributed by atoms with Crippen LogP contribution < -0.4 is 0 Å². The fourth-order valence-electron chi connectivity index (χ4n) is 4.75. The molecule has 0 radical (unpaired) electrons. The zero-order valence-electron chi connectivity index (χ0n) is 19.8. The maximum Gasteiger partial charge on any atom is 0.298 e. The first kappa shape index (κ1) is 23.3. The van der Waals surface area contributed by atoms with Crippen LogP contribution in [0.3, 0.4) is 0 Å². The smallest absolute Gasteiger partial charge is 0.298 e. The summed E-state index contributed by atoms with van der Waals surface area (Å²) in [5.41, 5.74) is 3.27. The van der Waals surface area contributed by atoms with Crippen molar-refractivity contribution in [3.63, 3.8) is 0 Å². The van der Waals surface area contributed by atoms with E-state index >= 15 is 0 Å². The highest BCUT2D eigenvalue weighted by Gasteiger charge is 2.53. The minimum Gasteiger partial charge on any atom is -0.508 e. The van der Waals surface area contributed by atoms with Crippen molar-refractivity contribution in [3.8, 4) is 11.5 Å². The molecule has 0 saturated carbocycles. The molecule has 0 spiro atoms. The molecule has 1 aliphatic heterocycles. The molecule has 3 aromatic carbocycles. The van der Waals surface area contributed by atoms with Crippen molar-refractivity contribution in [2.24, 2.45) is 0 Å². The van der Waals surface area contributed by atoms with Crippen molar-refractivity contribution in [1.82, 2.24) is 0 Å². The number of phenolic OH excluding ortho intramolecular Hbond substituents is 2. The number of fused-ring (bicyclic) bond motifs is 1. The van der Waals surface area contributed by atoms with Gasteiger partial charge in [0.25, 0.3) is 10.1 Å². The van der Waals surface area contributed by atoms with E-state index in [9.17, 15) is 18.6 Å². The molecule has 5 nitrogen and oxygen atoms in total. The van der Waals surface area contributed by atoms with E-state index in [-0.39, 0.29) is 28.2 Å². The number of hydrogen-bond acceptors (Lipinski definition) is 5. The second-order valence-corrected chi connectivity index (χ2v) is 11.0. The highest BCUT2D eigenvalue weighted by Crippen LogP contribution is 2.54. The normalized spacial score (nSPS) is 16.4. The Morgan fingerprint density at radius 2 is 1.21 bits per heavy atom. The van der Waals surface area contributed by atoms with Gasteiger partial charge >= 0.3 is 0 Å². The van der Waals surface area contributed by atoms with Crippen molar-refractivity contribution in [1.29, 1.82) is 0 Å². The van der Waals surface area contributed by atoms with Crippen LogP contribution in [0.2, 0.25) is 0 Å². The molecule has 1 heterocycles. The number of benzene rings is 3. The lowest BCUT2D eigenvalue weighted by molar-refractivity contribution is 0.176. The summed E-state index contributed by atoms with van der Waals surface area (Å²) in [5, 5.41) is 21.0. The lowest BCUT2D eigenvalue weighted by atomic mass is 9.73. The van der Waals surface area contributed by atoms with Crippen LogP contribution in [0.1, 0.15) is 78.5 Å². The number of phenols is 2. The molecule has 3 aromatic rings. The van der Waals surface area contributed by atoms with E-state index in [1.165, 1.54) is 0 Å². The summed E-state index contributed by atoms with van der Waals surface area (Å²) in [7, 11) is -4.07. The molecule has 174 valence electrons. The van der Waals surface area contributed by atoms with Crippen LogP contribution in [0.4, 0.5) is 0 Å². The molecule has 0 unspecified atom stereocenters. The predicted octanol–water partition coefficient (Wildman–Crippen LogP) is 5.97. The number of aryl methyl sites for hydroxylation is 2. The van der Waals surface area contributed by atoms with E-state index < -0.39 is 15.7 Å². The van der Waals surface area contributed by atoms with Gasteiger partial charge in [-0.2, -0.15) is 8.42 Å². The van der Waals surface area contributed by atoms with Crippen LogP contribution in [0.5, 0.6) is 11.5 Å². The monoisotopic (exact) mass is 466 g/mol. The van der Waals surface area contributed by atoms with Crippen molar-refractivity contribution in [2.75, 3.05) is 0 Å². The van der Waals surface area contributed by atoms with Gasteiger partial charge in [0, 0.05) is 5.56 Å². The van der Waals surface area contributed by atoms with Gasteiger partial charge in [-0.25, -0.2) is 4.18 Å². The minimum atomic E-state index is -4.07. The molecule has 0 fully saturated rings. The summed E-state index contributed by atoms with van der Waals surface area (Å²) in [4.78, 5) is 0.130. The molecule has 0 bridgehead atoms. The SMILES string of the molecule is Cc1cc(C2(c3cc(C)c(O)cc3C(C)C)OS(=O)(=O)c3ccccc32)c(C(C)C)cc1O. The van der Waals surface area contributed by atoms with E-state index in [4.69, 9.17) is 4.18 Å². The Kier molecular flexibility index (Phi) is 5.58. The fraction of sp³-hybridized carbons (Fsp3) is 0.333. The highest BCUT2D eigenvalue weighted by atomic mass is 32.2. The second-order valence-electron chi connectivity index (χ2n) is 9.48. The zero-order chi connectivity index (χ0) is 24.3. The van der Waals surface area contributed by atoms with Crippen molar-refractivity contribution in [2.45, 2.75) is 63.9 Å². The molecule has 0 aromatic heterocycles. The van der Waals surface area contributed by atoms with Gasteiger partial charge in [-0.3, -0.25) is 0 Å². The van der Waals surface area contributed by atoms with E-state index in [0.717, 1.165) is 11.1 Å². The molecule has 0 amide bonds. The Morgan fingerprint density at radius 1 is 0.758 bits per heavy atom. The van der Waals surface area contributed by atoms with Crippen LogP contribution in [0.15, 0.2) is 53.4 Å². The summed E-state index contributed by atoms with van der Waals surface area (Å²) >= 11 is 0. The predicted molar refractivity (Wildman–Crippen MR) is 128 cm³/mol. The lowest BCUT2D eigenvalue weighted by Crippen LogP contribution is -2.33. The van der Waals surface area contributed by atoms with Gasteiger partial charge in [-0.05, 0) is 89.4 Å². The first-order valence-corrected chi connectivity index (χ1v) is 12.5. The topological polar surface area (TPSA) is 83.8 Å². The molecule has 33 heavy (non-hydrogen) atoms. The van der Waals surface area contributed by atoms with Gasteiger partial charge in [-0.1, -0.05) is 45.9 Å². The van der Waals surface area contributed by atoms with Crippen LogP contribution in [0, 0.1) is 13.8 Å². The molecule has 0 saturated heterocycles. The van der Waals surface area contributed by atoms with E-state index in [1.807, 2.05) is 45.9 Å². The third-order valence-electron chi connectivity index (χ3n) is 6.51. The fourth-order valence-corrected chi connectivity index (χ4v) is 6.16. The Bertz CT molecular complexity index is 1290. The average molecular weight is 467 g/mol. The third-order valence-corrected chi connectivity index (χ3v) is 7.87. The van der Waals surface area contributed by atoms with Gasteiger partial charge in [0.15, 0.2) is 5.60 Å². The molecule has 0 aliphatic carbocycles. The maximum absolute atomic E-state index is 13.4. The van der Waals surface area contributed by atoms with E-state index in [1.54, 1.807) is 44.2 Å². The molecule has 6 heteroatoms. The molecule has 4 rings (SSSR count). The van der Waals surface area contributed by atoms with Crippen LogP contribution >= 0.6 is 0 Å². The summed E-state index contributed by atoms with van der Waals surface area (Å²) in [6.07, 6.45) is 0. The number of aromatic hydroxyl groups is 2. The van der Waals surface area contributed by atoms with Crippen LogP contribution in [0.25, 0.3) is 0 Å². The summed E-state index contributed by atoms with van der Waals surface area (Å²) in [5.74, 6) is 0.279. The lowest BCUT2D eigenvalue weighted by Gasteiger charge is -2.35. The van der Waals surface area contributed by atoms with Gasteiger partial charge < -0.3 is 10.2 Å². The standard InChI is InChI=1S/C27H30O5S/c1-15(2)19-13-24(28)17(5)11-22(19)27(21-9-7-8-10-26(21)33(30,31)32-27)23-12-18(6)25(29)14-20(23)16(3)4/h7-16,28-29H,1-6H3. The Labute approximate surface area is 195 Å². The zero-order valence-corrected chi connectivity index (χ0v) is 20.6. The van der Waals surface area contributed by atoms with Gasteiger partial charge in [0.1, 0.15) is 16.4 Å². The quantitative estimate of drug-likeness (QED) is 0.463. The van der Waals surface area contributed by atoms with Crippen molar-refractivity contribution < 1.29 is 22.8 Å². The largest absolute Gasteiger partial charge is 0.508 e. The molecule has 1 aliphatic rings. The maximum atomic E-state index is 13.4. The van der Waals surface area contributed by atoms with Crippen LogP contribution in [-0.2, 0) is 19.9 Å².